The molecule has 0 unspecified atom stereocenters. The van der Waals surface area contributed by atoms with Crippen LogP contribution in [0.3, 0.4) is 0 Å². The summed E-state index contributed by atoms with van der Waals surface area (Å²) in [5, 5.41) is 10.5. The Morgan fingerprint density at radius 3 is 2.56 bits per heavy atom. The van der Waals surface area contributed by atoms with Crippen molar-refractivity contribution in [2.45, 2.75) is 0 Å². The number of benzene rings is 1. The van der Waals surface area contributed by atoms with Gasteiger partial charge in [0.05, 0.1) is 14.9 Å². The number of carbonyl (C=O) groups excluding carboxylic acids is 1. The van der Waals surface area contributed by atoms with E-state index in [9.17, 15) is 19.1 Å². The van der Waals surface area contributed by atoms with Crippen molar-refractivity contribution in [3.8, 4) is 0 Å². The number of Topliss-reactive ketones (excluding diaryl/α,β-unsaturated/α-hetero) is 1. The molecule has 0 atom stereocenters. The van der Waals surface area contributed by atoms with E-state index in [-0.39, 0.29) is 22.8 Å². The first-order chi connectivity index (χ1) is 7.29. The van der Waals surface area contributed by atoms with Gasteiger partial charge in [-0.1, -0.05) is 12.1 Å². The fourth-order valence-corrected chi connectivity index (χ4v) is 1.99. The van der Waals surface area contributed by atoms with Crippen LogP contribution >= 0.6 is 0 Å². The summed E-state index contributed by atoms with van der Waals surface area (Å²) in [4.78, 5) is 21.6. The van der Waals surface area contributed by atoms with Crippen molar-refractivity contribution >= 4 is 21.4 Å². The lowest BCUT2D eigenvalue weighted by Crippen LogP contribution is -2.19. The summed E-state index contributed by atoms with van der Waals surface area (Å²) in [6, 6.07) is 5.44. The third-order valence-corrected chi connectivity index (χ3v) is 2.82. The number of nitrogens with zero attached hydrogens (tertiary/aromatic N) is 1. The molecule has 16 heavy (non-hydrogen) atoms. The molecular weight excluding hydrogens is 230 g/mol. The van der Waals surface area contributed by atoms with E-state index >= 15 is 0 Å². The summed E-state index contributed by atoms with van der Waals surface area (Å²) < 4.78 is 11.4. The molecule has 0 aliphatic heterocycles. The Hall–Kier alpha value is -1.56. The topological polar surface area (TPSA) is 77.3 Å². The number of carbonyl (C=O) groups is 1. The van der Waals surface area contributed by atoms with Crippen LogP contribution in [0.2, 0.25) is 0 Å². The summed E-state index contributed by atoms with van der Waals surface area (Å²) in [6.45, 7) is 0. The van der Waals surface area contributed by atoms with E-state index in [0.717, 1.165) is 0 Å². The summed E-state index contributed by atoms with van der Waals surface area (Å²) in [5.41, 5.74) is 0.0928. The van der Waals surface area contributed by atoms with Gasteiger partial charge in [-0.2, -0.15) is 0 Å². The SMILES string of the molecule is C[S+](C)(=O)CC(=O)c1cccc([N+](=O)[O-])c1. The monoisotopic (exact) mass is 242 g/mol. The van der Waals surface area contributed by atoms with Gasteiger partial charge in [-0.15, -0.1) is 4.21 Å². The van der Waals surface area contributed by atoms with Gasteiger partial charge in [0.1, 0.15) is 12.5 Å². The van der Waals surface area contributed by atoms with Gasteiger partial charge >= 0.3 is 0 Å². The highest BCUT2D eigenvalue weighted by Crippen LogP contribution is 2.14. The molecule has 0 saturated heterocycles. The third-order valence-electron chi connectivity index (χ3n) is 1.86. The number of non-ortho nitro benzene ring substituents is 1. The van der Waals surface area contributed by atoms with E-state index in [2.05, 4.69) is 0 Å². The highest BCUT2D eigenvalue weighted by molar-refractivity contribution is 8.02. The molecule has 0 spiro atoms. The van der Waals surface area contributed by atoms with Crippen LogP contribution < -0.4 is 0 Å². The zero-order valence-electron chi connectivity index (χ0n) is 9.00. The summed E-state index contributed by atoms with van der Waals surface area (Å²) >= 11 is 0. The molecule has 0 aliphatic carbocycles. The van der Waals surface area contributed by atoms with Gasteiger partial charge in [0.2, 0.25) is 5.78 Å². The molecule has 0 saturated carbocycles. The zero-order valence-corrected chi connectivity index (χ0v) is 9.82. The fraction of sp³-hybridized carbons (Fsp3) is 0.300. The molecule has 0 fully saturated rings. The molecule has 0 aromatic heterocycles. The molecule has 0 amide bonds. The lowest BCUT2D eigenvalue weighted by molar-refractivity contribution is -0.384. The van der Waals surface area contributed by atoms with E-state index in [1.165, 1.54) is 36.8 Å². The number of hydrogen-bond acceptors (Lipinski definition) is 4. The molecule has 0 radical (unpaired) electrons. The van der Waals surface area contributed by atoms with Crippen molar-refractivity contribution in [1.29, 1.82) is 0 Å². The van der Waals surface area contributed by atoms with E-state index < -0.39 is 14.9 Å². The van der Waals surface area contributed by atoms with Crippen molar-refractivity contribution in [3.63, 3.8) is 0 Å². The van der Waals surface area contributed by atoms with Crippen LogP contribution in [0.5, 0.6) is 0 Å². The quantitative estimate of drug-likeness (QED) is 0.347. The number of nitro groups is 1. The first kappa shape index (κ1) is 12.5. The van der Waals surface area contributed by atoms with E-state index in [4.69, 9.17) is 0 Å². The Morgan fingerprint density at radius 2 is 2.06 bits per heavy atom. The largest absolute Gasteiger partial charge is 0.289 e. The Morgan fingerprint density at radius 1 is 1.44 bits per heavy atom. The Labute approximate surface area is 94.0 Å². The molecular formula is C10H12NO4S+. The lowest BCUT2D eigenvalue weighted by Gasteiger charge is -2.00. The summed E-state index contributed by atoms with van der Waals surface area (Å²) in [6.07, 6.45) is 2.98. The van der Waals surface area contributed by atoms with Crippen LogP contribution in [-0.4, -0.2) is 29.0 Å². The van der Waals surface area contributed by atoms with Crippen LogP contribution in [0.25, 0.3) is 0 Å². The van der Waals surface area contributed by atoms with Crippen molar-refractivity contribution in [2.75, 3.05) is 18.3 Å². The highest BCUT2D eigenvalue weighted by Gasteiger charge is 2.21. The smallest absolute Gasteiger partial charge is 0.270 e. The standard InChI is InChI=1S/C10H12NO4S/c1-16(2,15)7-10(12)8-4-3-5-9(6-8)11(13)14/h3-6H,7H2,1-2H3/q+1. The average molecular weight is 242 g/mol. The molecule has 0 N–H and O–H groups in total. The van der Waals surface area contributed by atoms with Gasteiger partial charge in [0.25, 0.3) is 5.69 Å². The Bertz CT molecular complexity index is 477. The molecule has 1 aromatic carbocycles. The molecule has 86 valence electrons. The van der Waals surface area contributed by atoms with E-state index in [1.807, 2.05) is 0 Å². The lowest BCUT2D eigenvalue weighted by atomic mass is 10.1. The van der Waals surface area contributed by atoms with Crippen LogP contribution in [0.15, 0.2) is 24.3 Å². The molecule has 0 aliphatic rings. The van der Waals surface area contributed by atoms with Crippen LogP contribution in [0, 0.1) is 10.1 Å². The molecule has 1 aromatic rings. The van der Waals surface area contributed by atoms with E-state index in [0.29, 0.717) is 0 Å². The number of hydrogen-bond donors (Lipinski definition) is 0. The maximum absolute atomic E-state index is 11.6. The first-order valence-corrected chi connectivity index (χ1v) is 7.03. The van der Waals surface area contributed by atoms with Gasteiger partial charge in [0, 0.05) is 17.7 Å². The summed E-state index contributed by atoms with van der Waals surface area (Å²) in [7, 11) is -2.17. The minimum atomic E-state index is -2.17. The minimum absolute atomic E-state index is 0.0891. The molecule has 6 heteroatoms. The molecule has 0 bridgehead atoms. The fourth-order valence-electron chi connectivity index (χ4n) is 1.19. The Balaban J connectivity index is 2.97. The Kier molecular flexibility index (Phi) is 3.54. The van der Waals surface area contributed by atoms with Gasteiger partial charge in [-0.25, -0.2) is 0 Å². The molecule has 0 heterocycles. The van der Waals surface area contributed by atoms with Crippen LogP contribution in [0.1, 0.15) is 10.4 Å². The third kappa shape index (κ3) is 3.54. The number of ketones is 1. The second kappa shape index (κ2) is 4.52. The highest BCUT2D eigenvalue weighted by atomic mass is 32.2. The van der Waals surface area contributed by atoms with Gasteiger partial charge in [-0.05, 0) is 0 Å². The van der Waals surface area contributed by atoms with Gasteiger partial charge in [-0.3, -0.25) is 14.9 Å². The number of nitro benzene ring substituents is 1. The minimum Gasteiger partial charge on any atom is -0.289 e. The first-order valence-electron chi connectivity index (χ1n) is 4.49. The summed E-state index contributed by atoms with van der Waals surface area (Å²) in [5.74, 6) is -0.424. The molecule has 1 rings (SSSR count). The second-order valence-corrected chi connectivity index (χ2v) is 6.97. The van der Waals surface area contributed by atoms with Crippen molar-refractivity contribution in [3.05, 3.63) is 39.9 Å². The average Bonchev–Trinajstić information content (AvgIpc) is 2.15. The predicted molar refractivity (Wildman–Crippen MR) is 62.2 cm³/mol. The normalized spacial score (nSPS) is 11.1. The molecule has 5 nitrogen and oxygen atoms in total. The maximum Gasteiger partial charge on any atom is 0.270 e. The zero-order chi connectivity index (χ0) is 12.3. The van der Waals surface area contributed by atoms with Crippen molar-refractivity contribution in [1.82, 2.24) is 0 Å². The van der Waals surface area contributed by atoms with Crippen molar-refractivity contribution in [2.24, 2.45) is 0 Å². The van der Waals surface area contributed by atoms with Crippen LogP contribution in [0.4, 0.5) is 5.69 Å². The second-order valence-electron chi connectivity index (χ2n) is 3.81. The van der Waals surface area contributed by atoms with Gasteiger partial charge < -0.3 is 0 Å². The van der Waals surface area contributed by atoms with Gasteiger partial charge in [0.15, 0.2) is 5.75 Å². The number of rotatable bonds is 4. The van der Waals surface area contributed by atoms with Crippen molar-refractivity contribution < 1.29 is 13.9 Å². The van der Waals surface area contributed by atoms with E-state index in [1.54, 1.807) is 0 Å². The predicted octanol–water partition coefficient (Wildman–Crippen LogP) is 1.54. The maximum atomic E-state index is 11.6. The van der Waals surface area contributed by atoms with Crippen LogP contribution in [-0.2, 0) is 14.1 Å².